The van der Waals surface area contributed by atoms with Crippen molar-refractivity contribution in [2.75, 3.05) is 6.61 Å². The van der Waals surface area contributed by atoms with Crippen LogP contribution in [0.4, 0.5) is 0 Å². The zero-order chi connectivity index (χ0) is 13.9. The third kappa shape index (κ3) is 6.97. The average molecular weight is 264 g/mol. The molecule has 0 aromatic heterocycles. The Hall–Kier alpha value is -1.35. The second kappa shape index (κ2) is 9.56. The zero-order valence-corrected chi connectivity index (χ0v) is 11.7. The molecule has 3 nitrogen and oxygen atoms in total. The van der Waals surface area contributed by atoms with Gasteiger partial charge in [0.2, 0.25) is 0 Å². The lowest BCUT2D eigenvalue weighted by Crippen LogP contribution is -2.13. The van der Waals surface area contributed by atoms with E-state index in [0.717, 1.165) is 32.1 Å². The van der Waals surface area contributed by atoms with Crippen LogP contribution in [0.5, 0.6) is 0 Å². The van der Waals surface area contributed by atoms with Gasteiger partial charge in [0.1, 0.15) is 0 Å². The van der Waals surface area contributed by atoms with Gasteiger partial charge in [0.25, 0.3) is 0 Å². The Morgan fingerprint density at radius 1 is 1.21 bits per heavy atom. The Morgan fingerprint density at radius 3 is 2.58 bits per heavy atom. The molecule has 0 saturated carbocycles. The number of rotatable bonds is 10. The normalized spacial score (nSPS) is 12.3. The molecular weight excluding hydrogens is 240 g/mol. The molecule has 0 radical (unpaired) electrons. The van der Waals surface area contributed by atoms with Gasteiger partial charge in [-0.1, -0.05) is 50.1 Å². The number of carboxylic acid groups (broad SMARTS) is 1. The molecule has 106 valence electrons. The van der Waals surface area contributed by atoms with E-state index >= 15 is 0 Å². The summed E-state index contributed by atoms with van der Waals surface area (Å²) in [6.45, 7) is 3.37. The van der Waals surface area contributed by atoms with Crippen molar-refractivity contribution in [2.45, 2.75) is 45.6 Å². The number of aliphatic carboxylic acids is 1. The third-order valence-electron chi connectivity index (χ3n) is 3.19. The van der Waals surface area contributed by atoms with E-state index in [1.165, 1.54) is 5.56 Å². The fourth-order valence-corrected chi connectivity index (χ4v) is 2.10. The summed E-state index contributed by atoms with van der Waals surface area (Å²) in [6, 6.07) is 10.1. The van der Waals surface area contributed by atoms with E-state index in [2.05, 4.69) is 0 Å². The lowest BCUT2D eigenvalue weighted by atomic mass is 9.97. The van der Waals surface area contributed by atoms with Gasteiger partial charge in [-0.05, 0) is 24.8 Å². The first kappa shape index (κ1) is 15.7. The number of hydrogen-bond donors (Lipinski definition) is 1. The third-order valence-corrected chi connectivity index (χ3v) is 3.19. The molecule has 0 amide bonds. The summed E-state index contributed by atoms with van der Waals surface area (Å²) in [7, 11) is 0. The van der Waals surface area contributed by atoms with Crippen molar-refractivity contribution in [1.29, 1.82) is 0 Å². The monoisotopic (exact) mass is 264 g/mol. The lowest BCUT2D eigenvalue weighted by molar-refractivity contribution is -0.142. The van der Waals surface area contributed by atoms with Crippen LogP contribution in [0.2, 0.25) is 0 Å². The van der Waals surface area contributed by atoms with Crippen LogP contribution in [0.15, 0.2) is 30.3 Å². The zero-order valence-electron chi connectivity index (χ0n) is 11.7. The maximum Gasteiger partial charge on any atom is 0.306 e. The van der Waals surface area contributed by atoms with Crippen LogP contribution in [0.1, 0.15) is 44.6 Å². The molecule has 0 aliphatic rings. The van der Waals surface area contributed by atoms with Gasteiger partial charge in [0.15, 0.2) is 0 Å². The quantitative estimate of drug-likeness (QED) is 0.652. The molecule has 0 bridgehead atoms. The molecular formula is C16H24O3. The highest BCUT2D eigenvalue weighted by Crippen LogP contribution is 2.15. The topological polar surface area (TPSA) is 46.5 Å². The minimum atomic E-state index is -0.660. The van der Waals surface area contributed by atoms with Crippen molar-refractivity contribution in [2.24, 2.45) is 5.92 Å². The second-order valence-corrected chi connectivity index (χ2v) is 4.86. The second-order valence-electron chi connectivity index (χ2n) is 4.86. The number of benzene rings is 1. The van der Waals surface area contributed by atoms with E-state index in [1.807, 2.05) is 37.3 Å². The van der Waals surface area contributed by atoms with Crippen molar-refractivity contribution in [3.63, 3.8) is 0 Å². The molecule has 1 rings (SSSR count). The molecule has 1 aromatic rings. The molecule has 0 spiro atoms. The molecule has 1 atom stereocenters. The first-order valence-corrected chi connectivity index (χ1v) is 7.08. The Kier molecular flexibility index (Phi) is 7.91. The van der Waals surface area contributed by atoms with Crippen molar-refractivity contribution in [1.82, 2.24) is 0 Å². The molecule has 0 aliphatic heterocycles. The number of ether oxygens (including phenoxy) is 1. The molecule has 0 aliphatic carbocycles. The molecule has 0 fully saturated rings. The maximum absolute atomic E-state index is 11.0. The number of carbonyl (C=O) groups is 1. The van der Waals surface area contributed by atoms with Crippen LogP contribution in [0.3, 0.4) is 0 Å². The SMILES string of the molecule is CCCC(CCCCOCc1ccccc1)C(=O)O. The molecule has 3 heteroatoms. The molecule has 19 heavy (non-hydrogen) atoms. The summed E-state index contributed by atoms with van der Waals surface area (Å²) in [4.78, 5) is 11.0. The maximum atomic E-state index is 11.0. The van der Waals surface area contributed by atoms with Crippen LogP contribution in [-0.2, 0) is 16.1 Å². The highest BCUT2D eigenvalue weighted by Gasteiger charge is 2.15. The van der Waals surface area contributed by atoms with Crippen LogP contribution in [-0.4, -0.2) is 17.7 Å². The van der Waals surface area contributed by atoms with Gasteiger partial charge in [-0.3, -0.25) is 4.79 Å². The number of hydrogen-bond acceptors (Lipinski definition) is 2. The molecule has 1 aromatic carbocycles. The highest BCUT2D eigenvalue weighted by atomic mass is 16.5. The van der Waals surface area contributed by atoms with Gasteiger partial charge in [-0.25, -0.2) is 0 Å². The lowest BCUT2D eigenvalue weighted by Gasteiger charge is -2.10. The standard InChI is InChI=1S/C16H24O3/c1-2-8-15(16(17)18)11-6-7-12-19-13-14-9-4-3-5-10-14/h3-5,9-10,15H,2,6-8,11-13H2,1H3,(H,17,18). The fraction of sp³-hybridized carbons (Fsp3) is 0.562. The fourth-order valence-electron chi connectivity index (χ4n) is 2.10. The summed E-state index contributed by atoms with van der Waals surface area (Å²) < 4.78 is 5.57. The van der Waals surface area contributed by atoms with Crippen molar-refractivity contribution in [3.8, 4) is 0 Å². The van der Waals surface area contributed by atoms with Gasteiger partial charge in [0.05, 0.1) is 12.5 Å². The van der Waals surface area contributed by atoms with Crippen molar-refractivity contribution < 1.29 is 14.6 Å². The van der Waals surface area contributed by atoms with Crippen LogP contribution in [0.25, 0.3) is 0 Å². The molecule has 0 heterocycles. The van der Waals surface area contributed by atoms with E-state index in [4.69, 9.17) is 9.84 Å². The van der Waals surface area contributed by atoms with Crippen molar-refractivity contribution >= 4 is 5.97 Å². The van der Waals surface area contributed by atoms with E-state index < -0.39 is 5.97 Å². The number of carboxylic acids is 1. The summed E-state index contributed by atoms with van der Waals surface area (Å²) in [5, 5.41) is 9.02. The molecule has 1 unspecified atom stereocenters. The number of unbranched alkanes of at least 4 members (excludes halogenated alkanes) is 1. The average Bonchev–Trinajstić information content (AvgIpc) is 2.42. The molecule has 0 saturated heterocycles. The minimum Gasteiger partial charge on any atom is -0.481 e. The predicted octanol–water partition coefficient (Wildman–Crippen LogP) is 3.87. The largest absolute Gasteiger partial charge is 0.481 e. The van der Waals surface area contributed by atoms with Crippen LogP contribution in [0, 0.1) is 5.92 Å². The Labute approximate surface area is 115 Å². The van der Waals surface area contributed by atoms with E-state index in [9.17, 15) is 4.79 Å². The first-order chi connectivity index (χ1) is 9.24. The van der Waals surface area contributed by atoms with Crippen LogP contribution < -0.4 is 0 Å². The van der Waals surface area contributed by atoms with Crippen LogP contribution >= 0.6 is 0 Å². The summed E-state index contributed by atoms with van der Waals surface area (Å²) in [6.07, 6.45) is 4.33. The Balaban J connectivity index is 2.06. The summed E-state index contributed by atoms with van der Waals surface area (Å²) in [5.74, 6) is -0.842. The van der Waals surface area contributed by atoms with Gasteiger partial charge < -0.3 is 9.84 Å². The van der Waals surface area contributed by atoms with Gasteiger partial charge in [-0.15, -0.1) is 0 Å². The van der Waals surface area contributed by atoms with Gasteiger partial charge >= 0.3 is 5.97 Å². The van der Waals surface area contributed by atoms with E-state index in [1.54, 1.807) is 0 Å². The Morgan fingerprint density at radius 2 is 1.95 bits per heavy atom. The van der Waals surface area contributed by atoms with Crippen molar-refractivity contribution in [3.05, 3.63) is 35.9 Å². The first-order valence-electron chi connectivity index (χ1n) is 7.08. The predicted molar refractivity (Wildman–Crippen MR) is 76.0 cm³/mol. The van der Waals surface area contributed by atoms with Gasteiger partial charge in [0, 0.05) is 6.61 Å². The summed E-state index contributed by atoms with van der Waals surface area (Å²) >= 11 is 0. The Bertz CT molecular complexity index is 348. The van der Waals surface area contributed by atoms with E-state index in [-0.39, 0.29) is 5.92 Å². The summed E-state index contributed by atoms with van der Waals surface area (Å²) in [5.41, 5.74) is 1.18. The van der Waals surface area contributed by atoms with E-state index in [0.29, 0.717) is 13.2 Å². The smallest absolute Gasteiger partial charge is 0.306 e. The highest BCUT2D eigenvalue weighted by molar-refractivity contribution is 5.69. The minimum absolute atomic E-state index is 0.181. The van der Waals surface area contributed by atoms with Gasteiger partial charge in [-0.2, -0.15) is 0 Å². The molecule has 1 N–H and O–H groups in total.